The van der Waals surface area contributed by atoms with Gasteiger partial charge in [-0.15, -0.1) is 0 Å². The summed E-state index contributed by atoms with van der Waals surface area (Å²) in [5.41, 5.74) is 2.64. The molecule has 0 bridgehead atoms. The number of imidazole rings is 1. The van der Waals surface area contributed by atoms with E-state index >= 15 is 0 Å². The van der Waals surface area contributed by atoms with Gasteiger partial charge >= 0.3 is 0 Å². The highest BCUT2D eigenvalue weighted by Gasteiger charge is 2.25. The normalized spacial score (nSPS) is 14.1. The van der Waals surface area contributed by atoms with E-state index in [2.05, 4.69) is 35.8 Å². The minimum absolute atomic E-state index is 0.00619. The van der Waals surface area contributed by atoms with Gasteiger partial charge in [-0.25, -0.2) is 15.0 Å². The second-order valence-electron chi connectivity index (χ2n) is 7.14. The Morgan fingerprint density at radius 1 is 1.03 bits per heavy atom. The Balaban J connectivity index is 1.47. The average molecular weight is 471 g/mol. The second-order valence-corrected chi connectivity index (χ2v) is 8.00. The Labute approximate surface area is 183 Å². The fourth-order valence-corrected chi connectivity index (χ4v) is 3.89. The van der Waals surface area contributed by atoms with Crippen LogP contribution in [0.15, 0.2) is 41.4 Å². The number of aromatic nitrogens is 4. The summed E-state index contributed by atoms with van der Waals surface area (Å²) in [4.78, 5) is 30.2. The van der Waals surface area contributed by atoms with Crippen molar-refractivity contribution in [2.75, 3.05) is 38.2 Å². The molecular formula is C21H23BrN6O2. The number of halogens is 1. The first-order valence-corrected chi connectivity index (χ1v) is 10.5. The predicted molar refractivity (Wildman–Crippen MR) is 117 cm³/mol. The van der Waals surface area contributed by atoms with Gasteiger partial charge in [0.25, 0.3) is 5.91 Å². The van der Waals surface area contributed by atoms with E-state index in [0.717, 1.165) is 27.5 Å². The zero-order valence-corrected chi connectivity index (χ0v) is 18.8. The van der Waals surface area contributed by atoms with Gasteiger partial charge in [0.1, 0.15) is 30.0 Å². The van der Waals surface area contributed by atoms with E-state index in [1.54, 1.807) is 25.8 Å². The quantitative estimate of drug-likeness (QED) is 0.583. The maximum Gasteiger partial charge on any atom is 0.255 e. The van der Waals surface area contributed by atoms with Crippen molar-refractivity contribution in [1.29, 1.82) is 0 Å². The summed E-state index contributed by atoms with van der Waals surface area (Å²) in [6.45, 7) is 6.63. The van der Waals surface area contributed by atoms with Gasteiger partial charge in [0.05, 0.1) is 18.4 Å². The van der Waals surface area contributed by atoms with Crippen LogP contribution in [0, 0.1) is 13.8 Å². The Morgan fingerprint density at radius 3 is 2.43 bits per heavy atom. The van der Waals surface area contributed by atoms with Crippen molar-refractivity contribution in [3.63, 3.8) is 0 Å². The molecule has 156 valence electrons. The van der Waals surface area contributed by atoms with Crippen LogP contribution in [0.5, 0.6) is 5.75 Å². The van der Waals surface area contributed by atoms with Crippen LogP contribution in [-0.2, 0) is 0 Å². The molecule has 1 aliphatic rings. The molecule has 0 unspecified atom stereocenters. The number of aryl methyl sites for hydroxylation is 1. The Morgan fingerprint density at radius 2 is 1.77 bits per heavy atom. The number of rotatable bonds is 4. The number of piperazine rings is 1. The zero-order chi connectivity index (χ0) is 21.3. The van der Waals surface area contributed by atoms with Crippen molar-refractivity contribution in [2.45, 2.75) is 13.8 Å². The molecular weight excluding hydrogens is 448 g/mol. The van der Waals surface area contributed by atoms with Crippen molar-refractivity contribution < 1.29 is 9.53 Å². The van der Waals surface area contributed by atoms with E-state index in [9.17, 15) is 4.79 Å². The molecule has 1 aromatic carbocycles. The number of ether oxygens (including phenoxy) is 1. The van der Waals surface area contributed by atoms with Crippen LogP contribution in [0.4, 0.5) is 5.82 Å². The van der Waals surface area contributed by atoms with E-state index in [1.165, 1.54) is 0 Å². The molecule has 2 aromatic heterocycles. The van der Waals surface area contributed by atoms with Crippen molar-refractivity contribution in [3.05, 3.63) is 58.3 Å². The second kappa shape index (κ2) is 8.43. The van der Waals surface area contributed by atoms with Gasteiger partial charge < -0.3 is 14.5 Å². The van der Waals surface area contributed by atoms with Crippen LogP contribution in [0.25, 0.3) is 5.82 Å². The van der Waals surface area contributed by atoms with Crippen molar-refractivity contribution in [3.8, 4) is 11.6 Å². The molecule has 30 heavy (non-hydrogen) atoms. The number of hydrogen-bond donors (Lipinski definition) is 0. The summed E-state index contributed by atoms with van der Waals surface area (Å²) in [5.74, 6) is 2.30. The minimum Gasteiger partial charge on any atom is -0.497 e. The van der Waals surface area contributed by atoms with E-state index in [0.29, 0.717) is 37.5 Å². The summed E-state index contributed by atoms with van der Waals surface area (Å²) in [7, 11) is 1.60. The number of benzene rings is 1. The lowest BCUT2D eigenvalue weighted by Crippen LogP contribution is -2.49. The van der Waals surface area contributed by atoms with Crippen LogP contribution >= 0.6 is 15.9 Å². The number of anilines is 1. The van der Waals surface area contributed by atoms with Gasteiger partial charge in [0, 0.05) is 42.4 Å². The molecule has 9 heteroatoms. The molecule has 3 heterocycles. The highest BCUT2D eigenvalue weighted by molar-refractivity contribution is 9.10. The van der Waals surface area contributed by atoms with Crippen LogP contribution in [0.2, 0.25) is 0 Å². The summed E-state index contributed by atoms with van der Waals surface area (Å²) in [6.07, 6.45) is 3.35. The van der Waals surface area contributed by atoms with E-state index in [-0.39, 0.29) is 5.91 Å². The molecule has 0 saturated carbocycles. The molecule has 0 radical (unpaired) electrons. The highest BCUT2D eigenvalue weighted by atomic mass is 79.9. The molecule has 1 amide bonds. The smallest absolute Gasteiger partial charge is 0.255 e. The molecule has 0 spiro atoms. The van der Waals surface area contributed by atoms with Crippen LogP contribution < -0.4 is 9.64 Å². The molecule has 3 aromatic rings. The first-order valence-electron chi connectivity index (χ1n) is 9.68. The molecule has 1 fully saturated rings. The Bertz CT molecular complexity index is 1080. The lowest BCUT2D eigenvalue weighted by Gasteiger charge is -2.35. The lowest BCUT2D eigenvalue weighted by atomic mass is 10.1. The Kier molecular flexibility index (Phi) is 5.72. The van der Waals surface area contributed by atoms with E-state index in [1.807, 2.05) is 41.5 Å². The van der Waals surface area contributed by atoms with Gasteiger partial charge in [-0.3, -0.25) is 9.36 Å². The van der Waals surface area contributed by atoms with Crippen LogP contribution in [0.3, 0.4) is 0 Å². The van der Waals surface area contributed by atoms with Crippen molar-refractivity contribution in [1.82, 2.24) is 24.4 Å². The molecule has 0 atom stereocenters. The molecule has 1 saturated heterocycles. The fourth-order valence-electron chi connectivity index (χ4n) is 3.48. The van der Waals surface area contributed by atoms with Gasteiger partial charge in [-0.05, 0) is 48.0 Å². The first-order chi connectivity index (χ1) is 14.5. The largest absolute Gasteiger partial charge is 0.497 e. The van der Waals surface area contributed by atoms with Crippen LogP contribution in [0.1, 0.15) is 21.7 Å². The standard InChI is InChI=1S/C21H23BrN6O2/c1-14-15(2)28(13-25-14)20-11-19(23-12-24-20)26-6-8-27(9-7-26)21(29)17-10-16(30-3)4-5-18(17)22/h4-5,10-13H,6-9H2,1-3H3. The van der Waals surface area contributed by atoms with Gasteiger partial charge in [0.15, 0.2) is 0 Å². The molecule has 0 aliphatic carbocycles. The van der Waals surface area contributed by atoms with E-state index < -0.39 is 0 Å². The van der Waals surface area contributed by atoms with Gasteiger partial charge in [0.2, 0.25) is 0 Å². The highest BCUT2D eigenvalue weighted by Crippen LogP contribution is 2.25. The van der Waals surface area contributed by atoms with Gasteiger partial charge in [-0.2, -0.15) is 0 Å². The number of carbonyl (C=O) groups is 1. The SMILES string of the molecule is COc1ccc(Br)c(C(=O)N2CCN(c3cc(-n4cnc(C)c4C)ncn3)CC2)c1. The number of methoxy groups -OCH3 is 1. The monoisotopic (exact) mass is 470 g/mol. The summed E-state index contributed by atoms with van der Waals surface area (Å²) >= 11 is 3.48. The number of amides is 1. The lowest BCUT2D eigenvalue weighted by molar-refractivity contribution is 0.0745. The summed E-state index contributed by atoms with van der Waals surface area (Å²) in [5, 5.41) is 0. The Hall–Kier alpha value is -2.94. The van der Waals surface area contributed by atoms with Crippen molar-refractivity contribution >= 4 is 27.7 Å². The van der Waals surface area contributed by atoms with Crippen molar-refractivity contribution in [2.24, 2.45) is 0 Å². The third-order valence-corrected chi connectivity index (χ3v) is 6.12. The third kappa shape index (κ3) is 3.89. The molecule has 8 nitrogen and oxygen atoms in total. The maximum absolute atomic E-state index is 13.0. The zero-order valence-electron chi connectivity index (χ0n) is 17.2. The predicted octanol–water partition coefficient (Wildman–Crippen LogP) is 3.01. The molecule has 0 N–H and O–H groups in total. The topological polar surface area (TPSA) is 76.4 Å². The maximum atomic E-state index is 13.0. The summed E-state index contributed by atoms with van der Waals surface area (Å²) in [6, 6.07) is 7.40. The number of nitrogens with zero attached hydrogens (tertiary/aromatic N) is 6. The fraction of sp³-hybridized carbons (Fsp3) is 0.333. The average Bonchev–Trinajstić information content (AvgIpc) is 3.12. The number of hydrogen-bond acceptors (Lipinski definition) is 6. The van der Waals surface area contributed by atoms with Crippen LogP contribution in [-0.4, -0.2) is 63.6 Å². The van der Waals surface area contributed by atoms with E-state index in [4.69, 9.17) is 4.74 Å². The molecule has 4 rings (SSSR count). The first kappa shape index (κ1) is 20.3. The third-order valence-electron chi connectivity index (χ3n) is 5.43. The summed E-state index contributed by atoms with van der Waals surface area (Å²) < 4.78 is 7.98. The molecule has 1 aliphatic heterocycles. The number of carbonyl (C=O) groups excluding carboxylic acids is 1. The minimum atomic E-state index is -0.00619. The van der Waals surface area contributed by atoms with Gasteiger partial charge in [-0.1, -0.05) is 0 Å².